The van der Waals surface area contributed by atoms with Crippen molar-refractivity contribution in [2.45, 2.75) is 6.18 Å². The Morgan fingerprint density at radius 2 is 1.90 bits per heavy atom. The van der Waals surface area contributed by atoms with Gasteiger partial charge in [0.15, 0.2) is 5.17 Å². The van der Waals surface area contributed by atoms with E-state index in [0.29, 0.717) is 27.2 Å². The van der Waals surface area contributed by atoms with Crippen molar-refractivity contribution in [1.29, 1.82) is 0 Å². The van der Waals surface area contributed by atoms with Crippen LogP contribution in [-0.2, 0) is 11.0 Å². The van der Waals surface area contributed by atoms with Crippen LogP contribution < -0.4 is 0 Å². The lowest BCUT2D eigenvalue weighted by Gasteiger charge is -2.32. The van der Waals surface area contributed by atoms with Gasteiger partial charge in [-0.15, -0.1) is 0 Å². The Morgan fingerprint density at radius 1 is 1.14 bits per heavy atom. The average Bonchev–Trinajstić information content (AvgIpc) is 3.29. The number of rotatable bonds is 2. The molecule has 0 radical (unpaired) electrons. The van der Waals surface area contributed by atoms with Crippen LogP contribution in [0.4, 0.5) is 13.2 Å². The monoisotopic (exact) mass is 421 g/mol. The molecule has 4 rings (SSSR count). The summed E-state index contributed by atoms with van der Waals surface area (Å²) in [5.74, 6) is 0.364. The second-order valence-corrected chi connectivity index (χ2v) is 7.89. The fourth-order valence-corrected chi connectivity index (χ4v) is 4.04. The van der Waals surface area contributed by atoms with E-state index in [9.17, 15) is 18.0 Å². The molecule has 2 aliphatic rings. The standard InChI is InChI=1S/C20H18F3N3O2S/c1-25-7-9-26(10-8-25)19-24-18(27)17(29-19)12-15-5-6-16(28-15)13-3-2-4-14(11-13)20(21,22)23/h2-6,11-12H,7-10H2,1H3. The third-order valence-corrected chi connectivity index (χ3v) is 5.80. The summed E-state index contributed by atoms with van der Waals surface area (Å²) in [5, 5.41) is 0.680. The van der Waals surface area contributed by atoms with Gasteiger partial charge in [0.25, 0.3) is 5.91 Å². The Bertz CT molecular complexity index is 989. The summed E-state index contributed by atoms with van der Waals surface area (Å²) in [6.07, 6.45) is -2.84. The molecule has 1 aromatic heterocycles. The number of benzene rings is 1. The second kappa shape index (κ2) is 7.72. The Balaban J connectivity index is 1.50. The molecule has 1 fully saturated rings. The predicted molar refractivity (Wildman–Crippen MR) is 106 cm³/mol. The molecule has 3 heterocycles. The molecule has 0 bridgehead atoms. The molecule has 0 N–H and O–H groups in total. The van der Waals surface area contributed by atoms with Gasteiger partial charge in [0, 0.05) is 37.8 Å². The SMILES string of the molecule is CN1CCN(C2=NC(=O)C(=Cc3ccc(-c4cccc(C(F)(F)F)c4)o3)S2)CC1. The van der Waals surface area contributed by atoms with Gasteiger partial charge in [-0.1, -0.05) is 12.1 Å². The van der Waals surface area contributed by atoms with Crippen LogP contribution in [0.2, 0.25) is 0 Å². The Hall–Kier alpha value is -2.52. The van der Waals surface area contributed by atoms with Crippen LogP contribution in [0.1, 0.15) is 11.3 Å². The van der Waals surface area contributed by atoms with Crippen molar-refractivity contribution in [2.24, 2.45) is 4.99 Å². The number of hydrogen-bond donors (Lipinski definition) is 0. The first-order chi connectivity index (χ1) is 13.8. The quantitative estimate of drug-likeness (QED) is 0.681. The third-order valence-electron chi connectivity index (χ3n) is 4.76. The van der Waals surface area contributed by atoms with Crippen molar-refractivity contribution in [1.82, 2.24) is 9.80 Å². The number of likely N-dealkylation sites (N-methyl/N-ethyl adjacent to an activating group) is 1. The largest absolute Gasteiger partial charge is 0.457 e. The number of alkyl halides is 3. The topological polar surface area (TPSA) is 49.0 Å². The zero-order chi connectivity index (χ0) is 20.6. The van der Waals surface area contributed by atoms with Crippen LogP contribution in [0, 0.1) is 0 Å². The smallest absolute Gasteiger partial charge is 0.416 e. The summed E-state index contributed by atoms with van der Waals surface area (Å²) in [6, 6.07) is 8.17. The zero-order valence-corrected chi connectivity index (χ0v) is 16.4. The number of amidine groups is 1. The average molecular weight is 421 g/mol. The molecule has 0 saturated carbocycles. The van der Waals surface area contributed by atoms with Gasteiger partial charge in [0.2, 0.25) is 0 Å². The van der Waals surface area contributed by atoms with E-state index in [4.69, 9.17) is 4.42 Å². The van der Waals surface area contributed by atoms with Crippen molar-refractivity contribution < 1.29 is 22.4 Å². The maximum Gasteiger partial charge on any atom is 0.416 e. The van der Waals surface area contributed by atoms with Gasteiger partial charge in [-0.2, -0.15) is 18.2 Å². The third kappa shape index (κ3) is 4.40. The highest BCUT2D eigenvalue weighted by atomic mass is 32.2. The molecule has 1 saturated heterocycles. The van der Waals surface area contributed by atoms with Gasteiger partial charge in [0.05, 0.1) is 10.5 Å². The summed E-state index contributed by atoms with van der Waals surface area (Å²) < 4.78 is 44.4. The van der Waals surface area contributed by atoms with Crippen LogP contribution >= 0.6 is 11.8 Å². The zero-order valence-electron chi connectivity index (χ0n) is 15.6. The molecule has 152 valence electrons. The summed E-state index contributed by atoms with van der Waals surface area (Å²) in [4.78, 5) is 21.1. The first-order valence-corrected chi connectivity index (χ1v) is 9.85. The van der Waals surface area contributed by atoms with E-state index in [2.05, 4.69) is 21.8 Å². The fourth-order valence-electron chi connectivity index (χ4n) is 3.09. The summed E-state index contributed by atoms with van der Waals surface area (Å²) in [7, 11) is 2.05. The number of thioether (sulfide) groups is 1. The van der Waals surface area contributed by atoms with Crippen molar-refractivity contribution in [3.63, 3.8) is 0 Å². The summed E-state index contributed by atoms with van der Waals surface area (Å²) >= 11 is 1.29. The van der Waals surface area contributed by atoms with Gasteiger partial charge in [-0.3, -0.25) is 4.79 Å². The second-order valence-electron chi connectivity index (χ2n) is 6.88. The lowest BCUT2D eigenvalue weighted by Crippen LogP contribution is -2.46. The minimum absolute atomic E-state index is 0.304. The lowest BCUT2D eigenvalue weighted by molar-refractivity contribution is -0.137. The van der Waals surface area contributed by atoms with Crippen LogP contribution in [0.15, 0.2) is 50.7 Å². The molecule has 2 aliphatic heterocycles. The molecule has 9 heteroatoms. The van der Waals surface area contributed by atoms with Gasteiger partial charge in [0.1, 0.15) is 11.5 Å². The van der Waals surface area contributed by atoms with Crippen LogP contribution in [0.25, 0.3) is 17.4 Å². The maximum absolute atomic E-state index is 12.9. The number of amides is 1. The first-order valence-electron chi connectivity index (χ1n) is 9.03. The number of carbonyl (C=O) groups excluding carboxylic acids is 1. The maximum atomic E-state index is 12.9. The summed E-state index contributed by atoms with van der Waals surface area (Å²) in [5.41, 5.74) is -0.415. The van der Waals surface area contributed by atoms with Gasteiger partial charge < -0.3 is 14.2 Å². The van der Waals surface area contributed by atoms with Crippen LogP contribution in [0.5, 0.6) is 0 Å². The molecule has 0 atom stereocenters. The molecule has 0 unspecified atom stereocenters. The number of halogens is 3. The number of carbonyl (C=O) groups is 1. The van der Waals surface area contributed by atoms with E-state index < -0.39 is 11.7 Å². The molecule has 0 spiro atoms. The minimum Gasteiger partial charge on any atom is -0.457 e. The highest BCUT2D eigenvalue weighted by molar-refractivity contribution is 8.18. The Labute approximate surface area is 169 Å². The van der Waals surface area contributed by atoms with Gasteiger partial charge >= 0.3 is 6.18 Å². The number of piperazine rings is 1. The predicted octanol–water partition coefficient (Wildman–Crippen LogP) is 4.18. The normalized spacial score (nSPS) is 19.9. The van der Waals surface area contributed by atoms with E-state index in [1.54, 1.807) is 24.3 Å². The van der Waals surface area contributed by atoms with E-state index in [-0.39, 0.29) is 5.91 Å². The Morgan fingerprint density at radius 3 is 2.62 bits per heavy atom. The van der Waals surface area contributed by atoms with E-state index in [1.807, 2.05) is 0 Å². The molecule has 1 aromatic carbocycles. The van der Waals surface area contributed by atoms with E-state index >= 15 is 0 Å². The van der Waals surface area contributed by atoms with Crippen molar-refractivity contribution >= 4 is 28.9 Å². The van der Waals surface area contributed by atoms with Gasteiger partial charge in [-0.25, -0.2) is 0 Å². The van der Waals surface area contributed by atoms with Crippen molar-refractivity contribution in [2.75, 3.05) is 33.2 Å². The molecule has 0 aliphatic carbocycles. The van der Waals surface area contributed by atoms with E-state index in [1.165, 1.54) is 17.8 Å². The van der Waals surface area contributed by atoms with Crippen LogP contribution in [-0.4, -0.2) is 54.1 Å². The van der Waals surface area contributed by atoms with Crippen molar-refractivity contribution in [3.05, 3.63) is 52.6 Å². The van der Waals surface area contributed by atoms with Crippen molar-refractivity contribution in [3.8, 4) is 11.3 Å². The highest BCUT2D eigenvalue weighted by Crippen LogP contribution is 2.34. The molecule has 29 heavy (non-hydrogen) atoms. The summed E-state index contributed by atoms with van der Waals surface area (Å²) in [6.45, 7) is 3.43. The Kier molecular flexibility index (Phi) is 5.26. The fraction of sp³-hybridized carbons (Fsp3) is 0.300. The van der Waals surface area contributed by atoms with Crippen LogP contribution in [0.3, 0.4) is 0 Å². The first kappa shape index (κ1) is 19.8. The lowest BCUT2D eigenvalue weighted by atomic mass is 10.1. The molecule has 5 nitrogen and oxygen atoms in total. The molecule has 1 amide bonds. The molecular formula is C20H18F3N3O2S. The minimum atomic E-state index is -4.42. The molecule has 2 aromatic rings. The highest BCUT2D eigenvalue weighted by Gasteiger charge is 2.31. The number of furan rings is 1. The number of aliphatic imine (C=N–C) groups is 1. The molecular weight excluding hydrogens is 403 g/mol. The van der Waals surface area contributed by atoms with Gasteiger partial charge in [-0.05, 0) is 43.1 Å². The van der Waals surface area contributed by atoms with E-state index in [0.717, 1.165) is 38.3 Å². The number of hydrogen-bond acceptors (Lipinski definition) is 5. The number of nitrogens with zero attached hydrogens (tertiary/aromatic N) is 3.